The van der Waals surface area contributed by atoms with E-state index in [2.05, 4.69) is 0 Å². The number of hydrogen-bond acceptors (Lipinski definition) is 2. The Morgan fingerprint density at radius 3 is 2.43 bits per heavy atom. The van der Waals surface area contributed by atoms with E-state index in [-0.39, 0.29) is 10.6 Å². The third kappa shape index (κ3) is 2.20. The second kappa shape index (κ2) is 4.21. The van der Waals surface area contributed by atoms with Crippen molar-refractivity contribution in [3.05, 3.63) is 34.4 Å². The van der Waals surface area contributed by atoms with E-state index in [1.165, 1.54) is 6.92 Å². The lowest BCUT2D eigenvalue weighted by molar-refractivity contribution is 0.148. The van der Waals surface area contributed by atoms with Crippen molar-refractivity contribution in [1.82, 2.24) is 0 Å². The second-order valence-electron chi connectivity index (χ2n) is 3.09. The summed E-state index contributed by atoms with van der Waals surface area (Å²) in [6.45, 7) is 1.50. The summed E-state index contributed by atoms with van der Waals surface area (Å²) < 4.78 is 26.1. The number of rotatable bonds is 2. The van der Waals surface area contributed by atoms with Crippen LogP contribution in [0.25, 0.3) is 0 Å². The molecule has 0 amide bonds. The topological polar surface area (TPSA) is 46.2 Å². The quantitative estimate of drug-likeness (QED) is 0.751. The summed E-state index contributed by atoms with van der Waals surface area (Å²) >= 11 is 5.34. The van der Waals surface area contributed by atoms with Crippen LogP contribution in [-0.4, -0.2) is 11.1 Å². The van der Waals surface area contributed by atoms with Crippen molar-refractivity contribution in [2.24, 2.45) is 5.73 Å². The van der Waals surface area contributed by atoms with E-state index in [0.717, 1.165) is 12.1 Å². The number of halogens is 3. The van der Waals surface area contributed by atoms with Crippen molar-refractivity contribution in [3.63, 3.8) is 0 Å². The summed E-state index contributed by atoms with van der Waals surface area (Å²) in [5.41, 5.74) is 5.17. The monoisotopic (exact) mass is 221 g/mol. The Hall–Kier alpha value is -0.710. The largest absolute Gasteiger partial charge is 0.387 e. The number of benzene rings is 1. The molecule has 0 aliphatic rings. The van der Waals surface area contributed by atoms with Gasteiger partial charge in [0.15, 0.2) is 0 Å². The zero-order chi connectivity index (χ0) is 10.9. The summed E-state index contributed by atoms with van der Waals surface area (Å²) in [5, 5.41) is 9.10. The summed E-state index contributed by atoms with van der Waals surface area (Å²) in [6, 6.07) is 0.994. The van der Waals surface area contributed by atoms with Crippen molar-refractivity contribution < 1.29 is 13.9 Å². The Morgan fingerprint density at radius 1 is 1.36 bits per heavy atom. The molecule has 14 heavy (non-hydrogen) atoms. The molecule has 0 spiro atoms. The minimum Gasteiger partial charge on any atom is -0.387 e. The van der Waals surface area contributed by atoms with Crippen molar-refractivity contribution in [2.75, 3.05) is 0 Å². The molecule has 0 aliphatic carbocycles. The van der Waals surface area contributed by atoms with Crippen LogP contribution < -0.4 is 5.73 Å². The molecule has 78 valence electrons. The number of aliphatic hydroxyl groups excluding tert-OH is 1. The molecule has 0 radical (unpaired) electrons. The van der Waals surface area contributed by atoms with Crippen molar-refractivity contribution in [1.29, 1.82) is 0 Å². The van der Waals surface area contributed by atoms with Crippen molar-refractivity contribution in [3.8, 4) is 0 Å². The maximum atomic E-state index is 13.2. The van der Waals surface area contributed by atoms with Crippen molar-refractivity contribution >= 4 is 11.6 Å². The molecule has 0 saturated carbocycles. The van der Waals surface area contributed by atoms with Gasteiger partial charge in [0, 0.05) is 11.6 Å². The maximum Gasteiger partial charge on any atom is 0.142 e. The second-order valence-corrected chi connectivity index (χ2v) is 3.50. The summed E-state index contributed by atoms with van der Waals surface area (Å²) in [7, 11) is 0. The van der Waals surface area contributed by atoms with Crippen LogP contribution >= 0.6 is 11.6 Å². The molecule has 0 heterocycles. The summed E-state index contributed by atoms with van der Waals surface area (Å²) in [4.78, 5) is 0. The van der Waals surface area contributed by atoms with Gasteiger partial charge in [-0.2, -0.15) is 0 Å². The molecule has 3 N–H and O–H groups in total. The third-order valence-corrected chi connectivity index (χ3v) is 2.15. The van der Waals surface area contributed by atoms with Gasteiger partial charge in [-0.15, -0.1) is 0 Å². The molecule has 2 atom stereocenters. The Labute approximate surface area is 85.3 Å². The van der Waals surface area contributed by atoms with Gasteiger partial charge in [0.2, 0.25) is 0 Å². The Bertz CT molecular complexity index is 344. The van der Waals surface area contributed by atoms with Gasteiger partial charge < -0.3 is 10.8 Å². The summed E-state index contributed by atoms with van der Waals surface area (Å²) in [5.74, 6) is -1.54. The van der Waals surface area contributed by atoms with Crippen LogP contribution in [0.4, 0.5) is 8.78 Å². The molecule has 0 bridgehead atoms. The maximum absolute atomic E-state index is 13.2. The van der Waals surface area contributed by atoms with Gasteiger partial charge in [0.25, 0.3) is 0 Å². The van der Waals surface area contributed by atoms with Crippen LogP contribution in [-0.2, 0) is 0 Å². The Kier molecular flexibility index (Phi) is 3.42. The first-order valence-electron chi connectivity index (χ1n) is 4.01. The first-order valence-corrected chi connectivity index (χ1v) is 4.39. The van der Waals surface area contributed by atoms with E-state index in [9.17, 15) is 13.9 Å². The van der Waals surface area contributed by atoms with Crippen LogP contribution in [0.5, 0.6) is 0 Å². The van der Waals surface area contributed by atoms with E-state index >= 15 is 0 Å². The van der Waals surface area contributed by atoms with Gasteiger partial charge in [-0.1, -0.05) is 11.6 Å². The molecular weight excluding hydrogens is 212 g/mol. The molecule has 1 rings (SSSR count). The zero-order valence-corrected chi connectivity index (χ0v) is 8.22. The fraction of sp³-hybridized carbons (Fsp3) is 0.333. The van der Waals surface area contributed by atoms with Gasteiger partial charge >= 0.3 is 0 Å². The average Bonchev–Trinajstić information content (AvgIpc) is 2.10. The molecule has 0 aromatic heterocycles. The van der Waals surface area contributed by atoms with Gasteiger partial charge in [-0.05, 0) is 19.1 Å². The smallest absolute Gasteiger partial charge is 0.142 e. The molecule has 0 aliphatic heterocycles. The van der Waals surface area contributed by atoms with Crippen molar-refractivity contribution in [2.45, 2.75) is 19.1 Å². The normalized spacial score (nSPS) is 15.3. The fourth-order valence-corrected chi connectivity index (χ4v) is 1.20. The van der Waals surface area contributed by atoms with E-state index in [4.69, 9.17) is 17.3 Å². The van der Waals surface area contributed by atoms with Crippen LogP contribution in [0, 0.1) is 11.6 Å². The highest BCUT2D eigenvalue weighted by molar-refractivity contribution is 6.30. The van der Waals surface area contributed by atoms with E-state index in [0.29, 0.717) is 0 Å². The van der Waals surface area contributed by atoms with E-state index < -0.39 is 23.8 Å². The lowest BCUT2D eigenvalue weighted by Crippen LogP contribution is -2.25. The van der Waals surface area contributed by atoms with Crippen LogP contribution in [0.15, 0.2) is 12.1 Å². The minimum absolute atomic E-state index is 0.179. The van der Waals surface area contributed by atoms with Gasteiger partial charge in [0.05, 0.1) is 11.1 Å². The number of hydrogen-bond donors (Lipinski definition) is 2. The fourth-order valence-electron chi connectivity index (χ4n) is 1.05. The predicted molar refractivity (Wildman–Crippen MR) is 50.0 cm³/mol. The Balaban J connectivity index is 3.15. The molecule has 1 aromatic carbocycles. The van der Waals surface area contributed by atoms with Gasteiger partial charge in [0.1, 0.15) is 11.6 Å². The van der Waals surface area contributed by atoms with Crippen LogP contribution in [0.1, 0.15) is 18.6 Å². The molecular formula is C9H10ClF2NO. The van der Waals surface area contributed by atoms with Crippen LogP contribution in [0.2, 0.25) is 5.02 Å². The molecule has 0 unspecified atom stereocenters. The molecule has 5 heteroatoms. The highest BCUT2D eigenvalue weighted by Gasteiger charge is 2.18. The number of nitrogens with two attached hydrogens (primary N) is 1. The van der Waals surface area contributed by atoms with E-state index in [1.54, 1.807) is 0 Å². The van der Waals surface area contributed by atoms with E-state index in [1.807, 2.05) is 0 Å². The van der Waals surface area contributed by atoms with Crippen LogP contribution in [0.3, 0.4) is 0 Å². The van der Waals surface area contributed by atoms with Gasteiger partial charge in [-0.3, -0.25) is 0 Å². The first kappa shape index (κ1) is 11.4. The first-order chi connectivity index (χ1) is 6.43. The summed E-state index contributed by atoms with van der Waals surface area (Å²) in [6.07, 6.45) is -1.23. The molecule has 0 saturated heterocycles. The molecule has 1 aromatic rings. The molecule has 2 nitrogen and oxygen atoms in total. The average molecular weight is 222 g/mol. The predicted octanol–water partition coefficient (Wildman–Crippen LogP) is 2.00. The highest BCUT2D eigenvalue weighted by atomic mass is 35.5. The minimum atomic E-state index is -1.23. The van der Waals surface area contributed by atoms with Gasteiger partial charge in [-0.25, -0.2) is 8.78 Å². The SMILES string of the molecule is C[C@H](N)[C@H](O)c1cc(F)c(Cl)cc1F. The number of aliphatic hydroxyl groups is 1. The highest BCUT2D eigenvalue weighted by Crippen LogP contribution is 2.24. The third-order valence-electron chi connectivity index (χ3n) is 1.86. The lowest BCUT2D eigenvalue weighted by Gasteiger charge is -2.15. The molecule has 0 fully saturated rings. The lowest BCUT2D eigenvalue weighted by atomic mass is 10.0. The standard InChI is InChI=1S/C9H10ClF2NO/c1-4(13)9(14)5-2-8(12)6(10)3-7(5)11/h2-4,9,14H,13H2,1H3/t4-,9-/m0/s1. The Morgan fingerprint density at radius 2 is 1.93 bits per heavy atom. The zero-order valence-electron chi connectivity index (χ0n) is 7.47.